The Morgan fingerprint density at radius 1 is 0.756 bits per heavy atom. The highest BCUT2D eigenvalue weighted by Crippen LogP contribution is 2.43. The van der Waals surface area contributed by atoms with Crippen molar-refractivity contribution in [3.63, 3.8) is 0 Å². The van der Waals surface area contributed by atoms with E-state index < -0.39 is 32.5 Å². The molecule has 0 bridgehead atoms. The standard InChI is InChI=1S/C31H48NO8P/c1-3-5-7-9-11-12-13-14-15-16-18-20-22-24-31(34)40-29(28-39-41(35,36)38-26-25-32)27-37-30(33)23-21-19-17-10-8-6-4-2/h5-9,11-19,29H,3-4,10,20-28,32H2,1-2H3,(H,35,36)/b7-5+,8-6+,11-9+,13-12+,15-14+,18-16+,19-17+. The second-order valence-electron chi connectivity index (χ2n) is 8.62. The van der Waals surface area contributed by atoms with E-state index in [1.54, 1.807) is 0 Å². The molecule has 3 N–H and O–H groups in total. The van der Waals surface area contributed by atoms with Crippen LogP contribution in [0.3, 0.4) is 0 Å². The maximum atomic E-state index is 12.3. The number of nitrogens with two attached hydrogens (primary N) is 1. The zero-order valence-corrected chi connectivity index (χ0v) is 25.4. The summed E-state index contributed by atoms with van der Waals surface area (Å²) < 4.78 is 32.1. The van der Waals surface area contributed by atoms with E-state index in [2.05, 4.69) is 26.0 Å². The first-order valence-corrected chi connectivity index (χ1v) is 15.6. The fourth-order valence-electron chi connectivity index (χ4n) is 2.90. The molecule has 0 radical (unpaired) electrons. The van der Waals surface area contributed by atoms with Crippen molar-refractivity contribution in [3.8, 4) is 0 Å². The fraction of sp³-hybridized carbons (Fsp3) is 0.484. The number of esters is 2. The Kier molecular flexibility index (Phi) is 25.5. The van der Waals surface area contributed by atoms with Crippen molar-refractivity contribution in [3.05, 3.63) is 85.1 Å². The number of unbranched alkanes of at least 4 members (excludes halogenated alkanes) is 1. The van der Waals surface area contributed by atoms with Gasteiger partial charge in [-0.05, 0) is 38.5 Å². The van der Waals surface area contributed by atoms with Crippen LogP contribution in [0.15, 0.2) is 85.1 Å². The van der Waals surface area contributed by atoms with Gasteiger partial charge in [0, 0.05) is 19.4 Å². The lowest BCUT2D eigenvalue weighted by Gasteiger charge is -2.19. The third-order valence-corrected chi connectivity index (χ3v) is 5.90. The van der Waals surface area contributed by atoms with Gasteiger partial charge in [-0.1, -0.05) is 98.9 Å². The predicted octanol–water partition coefficient (Wildman–Crippen LogP) is 6.59. The first-order chi connectivity index (χ1) is 19.8. The highest BCUT2D eigenvalue weighted by Gasteiger charge is 2.25. The van der Waals surface area contributed by atoms with E-state index in [4.69, 9.17) is 24.3 Å². The molecule has 41 heavy (non-hydrogen) atoms. The van der Waals surface area contributed by atoms with E-state index in [0.717, 1.165) is 19.3 Å². The number of hydrogen-bond acceptors (Lipinski definition) is 8. The minimum Gasteiger partial charge on any atom is -0.462 e. The molecule has 0 saturated heterocycles. The van der Waals surface area contributed by atoms with Crippen molar-refractivity contribution in [2.75, 3.05) is 26.4 Å². The molecule has 0 aromatic heterocycles. The molecular weight excluding hydrogens is 545 g/mol. The number of ether oxygens (including phenoxy) is 2. The first kappa shape index (κ1) is 38.2. The largest absolute Gasteiger partial charge is 0.472 e. The topological polar surface area (TPSA) is 134 Å². The lowest BCUT2D eigenvalue weighted by Crippen LogP contribution is -2.29. The molecule has 0 aliphatic rings. The fourth-order valence-corrected chi connectivity index (χ4v) is 3.66. The molecule has 2 atom stereocenters. The summed E-state index contributed by atoms with van der Waals surface area (Å²) in [6.07, 6.45) is 31.1. The van der Waals surface area contributed by atoms with Crippen LogP contribution in [0, 0.1) is 0 Å². The summed E-state index contributed by atoms with van der Waals surface area (Å²) in [5.41, 5.74) is 5.28. The number of phosphoric ester groups is 1. The predicted molar refractivity (Wildman–Crippen MR) is 164 cm³/mol. The molecule has 10 heteroatoms. The molecule has 0 amide bonds. The summed E-state index contributed by atoms with van der Waals surface area (Å²) in [5.74, 6) is -1.02. The van der Waals surface area contributed by atoms with Crippen LogP contribution >= 0.6 is 7.82 Å². The number of carbonyl (C=O) groups excluding carboxylic acids is 2. The van der Waals surface area contributed by atoms with Crippen LogP contribution in [-0.4, -0.2) is 49.3 Å². The highest BCUT2D eigenvalue weighted by atomic mass is 31.2. The normalized spacial score (nSPS) is 14.9. The molecule has 0 aliphatic carbocycles. The monoisotopic (exact) mass is 593 g/mol. The molecule has 0 saturated carbocycles. The summed E-state index contributed by atoms with van der Waals surface area (Å²) in [4.78, 5) is 34.2. The van der Waals surface area contributed by atoms with Gasteiger partial charge in [-0.3, -0.25) is 18.6 Å². The third kappa shape index (κ3) is 27.1. The minimum absolute atomic E-state index is 0.0303. The Labute approximate surface area is 245 Å². The van der Waals surface area contributed by atoms with E-state index in [0.29, 0.717) is 19.3 Å². The van der Waals surface area contributed by atoms with Gasteiger partial charge >= 0.3 is 19.8 Å². The lowest BCUT2D eigenvalue weighted by atomic mass is 10.2. The lowest BCUT2D eigenvalue weighted by molar-refractivity contribution is -0.161. The zero-order valence-electron chi connectivity index (χ0n) is 24.5. The second-order valence-corrected chi connectivity index (χ2v) is 10.1. The summed E-state index contributed by atoms with van der Waals surface area (Å²) in [6, 6.07) is 0. The minimum atomic E-state index is -4.39. The zero-order chi connectivity index (χ0) is 30.4. The number of rotatable bonds is 24. The number of carbonyl (C=O) groups is 2. The van der Waals surface area contributed by atoms with Crippen LogP contribution in [0.25, 0.3) is 0 Å². The van der Waals surface area contributed by atoms with Crippen molar-refractivity contribution in [2.24, 2.45) is 5.73 Å². The summed E-state index contributed by atoms with van der Waals surface area (Å²) >= 11 is 0. The smallest absolute Gasteiger partial charge is 0.462 e. The molecule has 0 aliphatic heterocycles. The van der Waals surface area contributed by atoms with Crippen LogP contribution in [0.5, 0.6) is 0 Å². The molecule has 0 aromatic rings. The molecule has 0 rings (SSSR count). The molecule has 2 unspecified atom stereocenters. The van der Waals surface area contributed by atoms with Crippen LogP contribution in [0.4, 0.5) is 0 Å². The van der Waals surface area contributed by atoms with Gasteiger partial charge in [0.05, 0.1) is 13.2 Å². The third-order valence-electron chi connectivity index (χ3n) is 4.92. The van der Waals surface area contributed by atoms with Crippen molar-refractivity contribution >= 4 is 19.8 Å². The molecular formula is C31H48NO8P. The molecule has 0 aromatic carbocycles. The maximum absolute atomic E-state index is 12.3. The summed E-state index contributed by atoms with van der Waals surface area (Å²) in [7, 11) is -4.39. The SMILES string of the molecule is CC/C=C/C=C/C=C/C=C/C=C/CCCC(=O)OC(COC(=O)CC/C=C/C/C=C/CC)COP(=O)(O)OCCN. The Morgan fingerprint density at radius 3 is 2.05 bits per heavy atom. The van der Waals surface area contributed by atoms with Crippen LogP contribution in [-0.2, 0) is 32.7 Å². The van der Waals surface area contributed by atoms with E-state index in [1.165, 1.54) is 0 Å². The molecule has 0 heterocycles. The van der Waals surface area contributed by atoms with Crippen molar-refractivity contribution < 1.29 is 37.6 Å². The maximum Gasteiger partial charge on any atom is 0.472 e. The summed E-state index contributed by atoms with van der Waals surface area (Å²) in [5, 5.41) is 0. The highest BCUT2D eigenvalue weighted by molar-refractivity contribution is 7.47. The van der Waals surface area contributed by atoms with Crippen molar-refractivity contribution in [1.29, 1.82) is 0 Å². The Bertz CT molecular complexity index is 950. The van der Waals surface area contributed by atoms with E-state index in [9.17, 15) is 19.0 Å². The average Bonchev–Trinajstić information content (AvgIpc) is 2.95. The van der Waals surface area contributed by atoms with E-state index in [1.807, 2.05) is 72.9 Å². The number of allylic oxidation sites excluding steroid dienone is 14. The van der Waals surface area contributed by atoms with Gasteiger partial charge in [-0.25, -0.2) is 4.57 Å². The molecule has 9 nitrogen and oxygen atoms in total. The van der Waals surface area contributed by atoms with Gasteiger partial charge in [0.25, 0.3) is 0 Å². The van der Waals surface area contributed by atoms with Crippen LogP contribution in [0.2, 0.25) is 0 Å². The van der Waals surface area contributed by atoms with E-state index >= 15 is 0 Å². The Morgan fingerprint density at radius 2 is 1.39 bits per heavy atom. The molecule has 0 fully saturated rings. The van der Waals surface area contributed by atoms with Gasteiger partial charge in [-0.2, -0.15) is 0 Å². The second kappa shape index (κ2) is 27.4. The van der Waals surface area contributed by atoms with Gasteiger partial charge in [-0.15, -0.1) is 0 Å². The summed E-state index contributed by atoms with van der Waals surface area (Å²) in [6.45, 7) is 3.20. The van der Waals surface area contributed by atoms with Crippen LogP contribution in [0.1, 0.15) is 65.2 Å². The quantitative estimate of drug-likeness (QED) is 0.0418. The first-order valence-electron chi connectivity index (χ1n) is 14.1. The number of hydrogen-bond donors (Lipinski definition) is 2. The van der Waals surface area contributed by atoms with Crippen LogP contribution < -0.4 is 5.73 Å². The van der Waals surface area contributed by atoms with Gasteiger partial charge < -0.3 is 20.1 Å². The van der Waals surface area contributed by atoms with Gasteiger partial charge in [0.2, 0.25) is 0 Å². The molecule has 230 valence electrons. The Balaban J connectivity index is 4.62. The average molecular weight is 594 g/mol. The van der Waals surface area contributed by atoms with Crippen molar-refractivity contribution in [1.82, 2.24) is 0 Å². The Hall–Kier alpha value is -2.81. The van der Waals surface area contributed by atoms with Gasteiger partial charge in [0.15, 0.2) is 6.10 Å². The van der Waals surface area contributed by atoms with Gasteiger partial charge in [0.1, 0.15) is 6.61 Å². The van der Waals surface area contributed by atoms with Crippen molar-refractivity contribution in [2.45, 2.75) is 71.3 Å². The number of phosphoric acid groups is 1. The molecule has 0 spiro atoms. The van der Waals surface area contributed by atoms with E-state index in [-0.39, 0.29) is 32.6 Å².